The molecular formula is C23H31NO4. The highest BCUT2D eigenvalue weighted by Gasteiger charge is 2.77. The molecule has 4 unspecified atom stereocenters. The van der Waals surface area contributed by atoms with Gasteiger partial charge in [-0.25, -0.2) is 0 Å². The molecule has 5 nitrogen and oxygen atoms in total. The summed E-state index contributed by atoms with van der Waals surface area (Å²) < 4.78 is 6.24. The molecule has 1 heterocycles. The third kappa shape index (κ3) is 2.01. The molecule has 4 saturated carbocycles. The molecule has 5 aliphatic carbocycles. The van der Waals surface area contributed by atoms with Crippen molar-refractivity contribution in [1.29, 1.82) is 0 Å². The Bertz CT molecular complexity index is 789. The molecule has 1 spiro atoms. The number of hydrogen-bond acceptors (Lipinski definition) is 5. The third-order valence-corrected chi connectivity index (χ3v) is 9.68. The lowest BCUT2D eigenvalue weighted by Gasteiger charge is -2.58. The van der Waals surface area contributed by atoms with E-state index in [1.54, 1.807) is 0 Å². The van der Waals surface area contributed by atoms with Gasteiger partial charge in [0.2, 0.25) is 0 Å². The van der Waals surface area contributed by atoms with Crippen LogP contribution in [0.2, 0.25) is 0 Å². The van der Waals surface area contributed by atoms with Crippen molar-refractivity contribution in [2.24, 2.45) is 52.0 Å². The Morgan fingerprint density at radius 2 is 2.07 bits per heavy atom. The topological polar surface area (TPSA) is 82.3 Å². The Labute approximate surface area is 166 Å². The van der Waals surface area contributed by atoms with Gasteiger partial charge in [0.25, 0.3) is 0 Å². The van der Waals surface area contributed by atoms with Crippen molar-refractivity contribution in [3.8, 4) is 0 Å². The summed E-state index contributed by atoms with van der Waals surface area (Å²) in [4.78, 5) is 0. The number of oxime groups is 1. The number of rotatable bonds is 1. The molecule has 4 fully saturated rings. The van der Waals surface area contributed by atoms with Gasteiger partial charge in [-0.05, 0) is 86.2 Å². The Kier molecular flexibility index (Phi) is 3.60. The lowest BCUT2D eigenvalue weighted by atomic mass is 9.48. The minimum atomic E-state index is -0.754. The van der Waals surface area contributed by atoms with Crippen molar-refractivity contribution < 1.29 is 20.2 Å². The van der Waals surface area contributed by atoms with Crippen LogP contribution >= 0.6 is 0 Å². The summed E-state index contributed by atoms with van der Waals surface area (Å²) in [6, 6.07) is 0. The lowest BCUT2D eigenvalue weighted by molar-refractivity contribution is -0.196. The largest absolute Gasteiger partial charge is 0.411 e. The molecule has 152 valence electrons. The molecule has 1 aliphatic heterocycles. The van der Waals surface area contributed by atoms with Crippen molar-refractivity contribution >= 4 is 5.71 Å². The standard InChI is InChI=1S/C23H31NO4/c1-22-6-4-15-14-3-2-13(24-27)9-16(14)12(11-25)8-17(15)21(22)18-10-19(18)23(22)7-5-20(26)28-23/h5,7,9,12,14-15,17-21,25-27H,2-4,6,8,10-11H2,1H3/b24-13+/t12-,14-,15?,17?,18-,19+,20?,21?,22+,23+/m1/s1. The second-order valence-electron chi connectivity index (χ2n) is 10.5. The number of nitrogens with zero attached hydrogens (tertiary/aromatic N) is 1. The fourth-order valence-electron chi connectivity index (χ4n) is 8.67. The van der Waals surface area contributed by atoms with E-state index in [0.717, 1.165) is 31.4 Å². The highest BCUT2D eigenvalue weighted by molar-refractivity contribution is 5.96. The summed E-state index contributed by atoms with van der Waals surface area (Å²) in [5, 5.41) is 33.0. The van der Waals surface area contributed by atoms with Gasteiger partial charge in [0.15, 0.2) is 6.29 Å². The normalized spacial score (nSPS) is 57.5. The zero-order valence-electron chi connectivity index (χ0n) is 16.5. The number of fused-ring (bicyclic) bond motifs is 9. The summed E-state index contributed by atoms with van der Waals surface area (Å²) in [7, 11) is 0. The quantitative estimate of drug-likeness (QED) is 0.368. The number of hydrogen-bond donors (Lipinski definition) is 3. The molecule has 6 rings (SSSR count). The van der Waals surface area contributed by atoms with Crippen LogP contribution in [0.3, 0.4) is 0 Å². The van der Waals surface area contributed by atoms with Gasteiger partial charge in [-0.3, -0.25) is 0 Å². The number of ether oxygens (including phenoxy) is 1. The Morgan fingerprint density at radius 1 is 1.21 bits per heavy atom. The van der Waals surface area contributed by atoms with Gasteiger partial charge in [0.1, 0.15) is 0 Å². The van der Waals surface area contributed by atoms with Crippen LogP contribution in [0.4, 0.5) is 0 Å². The summed E-state index contributed by atoms with van der Waals surface area (Å²) in [6.07, 6.45) is 11.9. The van der Waals surface area contributed by atoms with Gasteiger partial charge in [-0.1, -0.05) is 23.7 Å². The molecule has 10 atom stereocenters. The van der Waals surface area contributed by atoms with Crippen molar-refractivity contribution in [3.63, 3.8) is 0 Å². The fourth-order valence-corrected chi connectivity index (χ4v) is 8.67. The van der Waals surface area contributed by atoms with Crippen LogP contribution in [-0.4, -0.2) is 39.6 Å². The van der Waals surface area contributed by atoms with Gasteiger partial charge < -0.3 is 20.2 Å². The average Bonchev–Trinajstić information content (AvgIpc) is 3.34. The second kappa shape index (κ2) is 5.71. The van der Waals surface area contributed by atoms with E-state index in [2.05, 4.69) is 24.2 Å². The molecule has 0 radical (unpaired) electrons. The maximum absolute atomic E-state index is 10.2. The first-order valence-electron chi connectivity index (χ1n) is 11.1. The zero-order valence-corrected chi connectivity index (χ0v) is 16.5. The summed E-state index contributed by atoms with van der Waals surface area (Å²) >= 11 is 0. The van der Waals surface area contributed by atoms with Crippen LogP contribution < -0.4 is 0 Å². The van der Waals surface area contributed by atoms with E-state index in [4.69, 9.17) is 4.74 Å². The first-order valence-corrected chi connectivity index (χ1v) is 11.1. The van der Waals surface area contributed by atoms with Crippen LogP contribution in [0.15, 0.2) is 29.0 Å². The fraction of sp³-hybridized carbons (Fsp3) is 0.783. The van der Waals surface area contributed by atoms with Crippen LogP contribution in [0.1, 0.15) is 45.4 Å². The van der Waals surface area contributed by atoms with Gasteiger partial charge in [0.05, 0.1) is 11.3 Å². The van der Waals surface area contributed by atoms with Gasteiger partial charge in [-0.15, -0.1) is 0 Å². The third-order valence-electron chi connectivity index (χ3n) is 9.68. The molecule has 3 N–H and O–H groups in total. The average molecular weight is 386 g/mol. The van der Waals surface area contributed by atoms with Gasteiger partial charge >= 0.3 is 0 Å². The van der Waals surface area contributed by atoms with Crippen molar-refractivity contribution in [3.05, 3.63) is 23.8 Å². The minimum absolute atomic E-state index is 0.0866. The van der Waals surface area contributed by atoms with E-state index in [9.17, 15) is 15.4 Å². The Morgan fingerprint density at radius 3 is 2.79 bits per heavy atom. The Balaban J connectivity index is 1.38. The van der Waals surface area contributed by atoms with Gasteiger partial charge in [0, 0.05) is 17.9 Å². The predicted octanol–water partition coefficient (Wildman–Crippen LogP) is 3.11. The molecule has 0 aromatic carbocycles. The van der Waals surface area contributed by atoms with Crippen molar-refractivity contribution in [2.75, 3.05) is 6.61 Å². The first kappa shape index (κ1) is 17.7. The van der Waals surface area contributed by atoms with E-state index < -0.39 is 6.29 Å². The molecule has 0 bridgehead atoms. The van der Waals surface area contributed by atoms with Crippen LogP contribution in [0.25, 0.3) is 0 Å². The predicted molar refractivity (Wildman–Crippen MR) is 104 cm³/mol. The van der Waals surface area contributed by atoms with E-state index in [0.29, 0.717) is 35.5 Å². The van der Waals surface area contributed by atoms with E-state index in [-0.39, 0.29) is 23.5 Å². The molecular weight excluding hydrogens is 354 g/mol. The smallest absolute Gasteiger partial charge is 0.175 e. The molecule has 28 heavy (non-hydrogen) atoms. The molecule has 6 aliphatic rings. The van der Waals surface area contributed by atoms with Gasteiger partial charge in [-0.2, -0.15) is 0 Å². The van der Waals surface area contributed by atoms with E-state index in [1.165, 1.54) is 18.4 Å². The van der Waals surface area contributed by atoms with Crippen LogP contribution in [-0.2, 0) is 4.74 Å². The number of aliphatic hydroxyl groups excluding tert-OH is 2. The minimum Gasteiger partial charge on any atom is -0.411 e. The summed E-state index contributed by atoms with van der Waals surface area (Å²) in [6.45, 7) is 2.60. The molecule has 0 amide bonds. The Hall–Kier alpha value is -1.17. The molecule has 5 heteroatoms. The maximum atomic E-state index is 10.2. The zero-order chi connectivity index (χ0) is 19.3. The SMILES string of the molecule is C[C@]12CCC3C(C[C@H](CO)C4=C/C(=N/O)CC[C@@H]43)C1[C@@H]1C[C@@H]1[C@@]21C=CC(O)O1. The second-order valence-corrected chi connectivity index (χ2v) is 10.5. The highest BCUT2D eigenvalue weighted by atomic mass is 16.6. The van der Waals surface area contributed by atoms with Crippen molar-refractivity contribution in [2.45, 2.75) is 57.3 Å². The maximum Gasteiger partial charge on any atom is 0.175 e. The molecule has 0 saturated heterocycles. The first-order chi connectivity index (χ1) is 13.5. The molecule has 0 aromatic rings. The summed E-state index contributed by atoms with van der Waals surface area (Å²) in [5.74, 6) is 3.87. The van der Waals surface area contributed by atoms with E-state index in [1.807, 2.05) is 6.08 Å². The monoisotopic (exact) mass is 385 g/mol. The molecule has 0 aromatic heterocycles. The highest BCUT2D eigenvalue weighted by Crippen LogP contribution is 2.78. The number of allylic oxidation sites excluding steroid dienone is 1. The van der Waals surface area contributed by atoms with Crippen molar-refractivity contribution in [1.82, 2.24) is 0 Å². The number of aliphatic hydroxyl groups is 2. The van der Waals surface area contributed by atoms with Crippen LogP contribution in [0.5, 0.6) is 0 Å². The summed E-state index contributed by atoms with van der Waals surface area (Å²) in [5.41, 5.74) is 1.91. The lowest BCUT2D eigenvalue weighted by Crippen LogP contribution is -2.56. The van der Waals surface area contributed by atoms with E-state index >= 15 is 0 Å². The van der Waals surface area contributed by atoms with Crippen LogP contribution in [0, 0.1) is 46.8 Å².